The summed E-state index contributed by atoms with van der Waals surface area (Å²) in [6.07, 6.45) is -0.0154. The van der Waals surface area contributed by atoms with Crippen molar-refractivity contribution in [3.05, 3.63) is 17.3 Å². The van der Waals surface area contributed by atoms with Gasteiger partial charge in [-0.2, -0.15) is 0 Å². The van der Waals surface area contributed by atoms with Gasteiger partial charge in [0.05, 0.1) is 5.69 Å². The Hall–Kier alpha value is -1.85. The molecule has 0 radical (unpaired) electrons. The average molecular weight is 226 g/mol. The highest BCUT2D eigenvalue weighted by Gasteiger charge is 2.16. The fourth-order valence-electron chi connectivity index (χ4n) is 1.17. The van der Waals surface area contributed by atoms with E-state index < -0.39 is 5.97 Å². The van der Waals surface area contributed by atoms with Crippen LogP contribution in [-0.2, 0) is 16.0 Å². The van der Waals surface area contributed by atoms with Crippen LogP contribution in [0.2, 0.25) is 0 Å². The molecule has 0 saturated carbocycles. The summed E-state index contributed by atoms with van der Waals surface area (Å²) in [5.41, 5.74) is 0.740. The van der Waals surface area contributed by atoms with Crippen LogP contribution in [0, 0.1) is 13.8 Å². The maximum absolute atomic E-state index is 11.5. The summed E-state index contributed by atoms with van der Waals surface area (Å²) in [7, 11) is 1.43. The molecular formula is C10H14N2O4. The van der Waals surface area contributed by atoms with Crippen LogP contribution in [-0.4, -0.2) is 40.5 Å². The summed E-state index contributed by atoms with van der Waals surface area (Å²) in [5.74, 6) is -0.389. The van der Waals surface area contributed by atoms with Gasteiger partial charge in [-0.05, 0) is 13.8 Å². The summed E-state index contributed by atoms with van der Waals surface area (Å²) in [5, 5.41) is 8.51. The summed E-state index contributed by atoms with van der Waals surface area (Å²) in [6, 6.07) is 0. The summed E-state index contributed by atoms with van der Waals surface area (Å²) < 4.78 is 5.23. The molecule has 0 saturated heterocycles. The van der Waals surface area contributed by atoms with Gasteiger partial charge in [0, 0.05) is 7.05 Å². The molecule has 0 aromatic carbocycles. The van der Waals surface area contributed by atoms with Crippen LogP contribution in [0.15, 0.2) is 4.42 Å². The topological polar surface area (TPSA) is 83.6 Å². The third-order valence-corrected chi connectivity index (χ3v) is 2.17. The zero-order valence-corrected chi connectivity index (χ0v) is 9.48. The van der Waals surface area contributed by atoms with Crippen molar-refractivity contribution < 1.29 is 19.1 Å². The Morgan fingerprint density at radius 2 is 2.06 bits per heavy atom. The predicted molar refractivity (Wildman–Crippen MR) is 55.0 cm³/mol. The number of carboxylic acid groups (broad SMARTS) is 1. The number of nitrogens with zero attached hydrogens (tertiary/aromatic N) is 2. The van der Waals surface area contributed by atoms with Gasteiger partial charge in [-0.1, -0.05) is 0 Å². The van der Waals surface area contributed by atoms with Crippen molar-refractivity contribution in [3.63, 3.8) is 0 Å². The van der Waals surface area contributed by atoms with Gasteiger partial charge in [0.2, 0.25) is 11.8 Å². The van der Waals surface area contributed by atoms with Gasteiger partial charge in [-0.25, -0.2) is 4.98 Å². The number of hydrogen-bond acceptors (Lipinski definition) is 4. The first-order valence-electron chi connectivity index (χ1n) is 4.79. The van der Waals surface area contributed by atoms with E-state index in [0.29, 0.717) is 11.7 Å². The number of likely N-dealkylation sites (N-methyl/N-ethyl adjacent to an activating group) is 1. The molecule has 0 aliphatic carbocycles. The maximum atomic E-state index is 11.5. The van der Waals surface area contributed by atoms with Gasteiger partial charge in [-0.3, -0.25) is 9.59 Å². The third-order valence-electron chi connectivity index (χ3n) is 2.17. The molecule has 1 amide bonds. The maximum Gasteiger partial charge on any atom is 0.323 e. The number of aryl methyl sites for hydroxylation is 2. The van der Waals surface area contributed by atoms with Crippen LogP contribution in [0.25, 0.3) is 0 Å². The monoisotopic (exact) mass is 226 g/mol. The van der Waals surface area contributed by atoms with E-state index in [4.69, 9.17) is 9.52 Å². The first-order valence-corrected chi connectivity index (χ1v) is 4.79. The summed E-state index contributed by atoms with van der Waals surface area (Å²) >= 11 is 0. The minimum Gasteiger partial charge on any atom is -0.480 e. The van der Waals surface area contributed by atoms with Gasteiger partial charge < -0.3 is 14.4 Å². The second kappa shape index (κ2) is 4.78. The Morgan fingerprint density at radius 3 is 2.50 bits per heavy atom. The fourth-order valence-corrected chi connectivity index (χ4v) is 1.17. The van der Waals surface area contributed by atoms with Gasteiger partial charge in [0.25, 0.3) is 0 Å². The van der Waals surface area contributed by atoms with Crippen LogP contribution < -0.4 is 0 Å². The van der Waals surface area contributed by atoms with Gasteiger partial charge in [0.15, 0.2) is 0 Å². The van der Waals surface area contributed by atoms with Crippen molar-refractivity contribution in [1.29, 1.82) is 0 Å². The molecule has 0 atom stereocenters. The van der Waals surface area contributed by atoms with E-state index in [2.05, 4.69) is 4.98 Å². The second-order valence-electron chi connectivity index (χ2n) is 3.57. The van der Waals surface area contributed by atoms with Crippen molar-refractivity contribution in [2.24, 2.45) is 0 Å². The largest absolute Gasteiger partial charge is 0.480 e. The molecule has 1 aromatic heterocycles. The van der Waals surface area contributed by atoms with E-state index in [1.807, 2.05) is 0 Å². The van der Waals surface area contributed by atoms with E-state index in [1.165, 1.54) is 7.05 Å². The molecule has 1 heterocycles. The quantitative estimate of drug-likeness (QED) is 0.802. The Bertz CT molecular complexity index is 391. The normalized spacial score (nSPS) is 10.2. The molecule has 0 fully saturated rings. The highest BCUT2D eigenvalue weighted by atomic mass is 16.4. The summed E-state index contributed by atoms with van der Waals surface area (Å²) in [4.78, 5) is 27.1. The summed E-state index contributed by atoms with van der Waals surface area (Å²) in [6.45, 7) is 3.22. The van der Waals surface area contributed by atoms with Crippen molar-refractivity contribution in [2.45, 2.75) is 20.3 Å². The number of oxazole rings is 1. The number of carbonyl (C=O) groups is 2. The number of aromatic nitrogens is 1. The van der Waals surface area contributed by atoms with E-state index in [1.54, 1.807) is 13.8 Å². The van der Waals surface area contributed by atoms with Gasteiger partial charge in [-0.15, -0.1) is 0 Å². The molecule has 1 aromatic rings. The lowest BCUT2D eigenvalue weighted by Crippen LogP contribution is -2.33. The highest BCUT2D eigenvalue weighted by molar-refractivity contribution is 5.82. The lowest BCUT2D eigenvalue weighted by molar-refractivity contribution is -0.143. The van der Waals surface area contributed by atoms with Crippen LogP contribution >= 0.6 is 0 Å². The Balaban J connectivity index is 2.60. The zero-order valence-electron chi connectivity index (χ0n) is 9.48. The minimum atomic E-state index is -1.05. The lowest BCUT2D eigenvalue weighted by Gasteiger charge is -2.12. The first-order chi connectivity index (χ1) is 7.40. The number of aliphatic carboxylic acids is 1. The fraction of sp³-hybridized carbons (Fsp3) is 0.500. The molecule has 88 valence electrons. The van der Waals surface area contributed by atoms with E-state index in [0.717, 1.165) is 10.6 Å². The Labute approximate surface area is 92.9 Å². The molecule has 0 spiro atoms. The smallest absolute Gasteiger partial charge is 0.323 e. The standard InChI is InChI=1S/C10H14N2O4/c1-6-7(2)16-8(11-6)4-9(13)12(3)5-10(14)15/h4-5H2,1-3H3,(H,14,15). The second-order valence-corrected chi connectivity index (χ2v) is 3.57. The Morgan fingerprint density at radius 1 is 1.44 bits per heavy atom. The Kier molecular flexibility index (Phi) is 3.65. The van der Waals surface area contributed by atoms with Crippen molar-refractivity contribution in [2.75, 3.05) is 13.6 Å². The number of hydrogen-bond donors (Lipinski definition) is 1. The van der Waals surface area contributed by atoms with Crippen LogP contribution in [0.4, 0.5) is 0 Å². The highest BCUT2D eigenvalue weighted by Crippen LogP contribution is 2.09. The number of amides is 1. The molecule has 0 aliphatic heterocycles. The number of carbonyl (C=O) groups excluding carboxylic acids is 1. The number of carboxylic acids is 1. The van der Waals surface area contributed by atoms with Gasteiger partial charge in [0.1, 0.15) is 18.7 Å². The minimum absolute atomic E-state index is 0.0154. The SMILES string of the molecule is Cc1nc(CC(=O)N(C)CC(=O)O)oc1C. The lowest BCUT2D eigenvalue weighted by atomic mass is 10.3. The predicted octanol–water partition coefficient (Wildman–Crippen LogP) is 0.377. The van der Waals surface area contributed by atoms with E-state index in [-0.39, 0.29) is 18.9 Å². The molecule has 6 nitrogen and oxygen atoms in total. The van der Waals surface area contributed by atoms with Crippen molar-refractivity contribution >= 4 is 11.9 Å². The molecule has 6 heteroatoms. The van der Waals surface area contributed by atoms with Crippen LogP contribution in [0.3, 0.4) is 0 Å². The average Bonchev–Trinajstić information content (AvgIpc) is 2.44. The molecular weight excluding hydrogens is 212 g/mol. The molecule has 1 rings (SSSR count). The molecule has 16 heavy (non-hydrogen) atoms. The van der Waals surface area contributed by atoms with Crippen molar-refractivity contribution in [3.8, 4) is 0 Å². The molecule has 0 bridgehead atoms. The zero-order chi connectivity index (χ0) is 12.3. The molecule has 0 aliphatic rings. The van der Waals surface area contributed by atoms with Crippen molar-refractivity contribution in [1.82, 2.24) is 9.88 Å². The number of rotatable bonds is 4. The first kappa shape index (κ1) is 12.2. The van der Waals surface area contributed by atoms with E-state index >= 15 is 0 Å². The molecule has 1 N–H and O–H groups in total. The van der Waals surface area contributed by atoms with Gasteiger partial charge >= 0.3 is 5.97 Å². The van der Waals surface area contributed by atoms with Crippen LogP contribution in [0.1, 0.15) is 17.3 Å². The third kappa shape index (κ3) is 3.08. The van der Waals surface area contributed by atoms with Crippen LogP contribution in [0.5, 0.6) is 0 Å². The molecule has 0 unspecified atom stereocenters. The van der Waals surface area contributed by atoms with E-state index in [9.17, 15) is 9.59 Å².